The summed E-state index contributed by atoms with van der Waals surface area (Å²) in [7, 11) is 0. The fourth-order valence-electron chi connectivity index (χ4n) is 3.79. The van der Waals surface area contributed by atoms with Crippen molar-refractivity contribution < 1.29 is 9.53 Å². The second-order valence-electron chi connectivity index (χ2n) is 7.41. The van der Waals surface area contributed by atoms with Crippen molar-refractivity contribution in [2.24, 2.45) is 5.92 Å². The van der Waals surface area contributed by atoms with Crippen LogP contribution < -0.4 is 4.90 Å². The highest BCUT2D eigenvalue weighted by Crippen LogP contribution is 2.35. The molecule has 4 rings (SSSR count). The zero-order chi connectivity index (χ0) is 19.7. The number of carbonyl (C=O) groups excluding carboxylic acids is 1. The van der Waals surface area contributed by atoms with Crippen LogP contribution in [0.1, 0.15) is 41.9 Å². The highest BCUT2D eigenvalue weighted by molar-refractivity contribution is 7.18. The SMILES string of the molecule is Cc1sc2ncnc(N3CCC(C(=O)O[C@@H](C)c4ccccc4)CC3)c2c1C. The van der Waals surface area contributed by atoms with Crippen molar-refractivity contribution in [3.05, 3.63) is 52.7 Å². The van der Waals surface area contributed by atoms with Crippen LogP contribution in [0.2, 0.25) is 0 Å². The molecule has 5 nitrogen and oxygen atoms in total. The van der Waals surface area contributed by atoms with E-state index < -0.39 is 0 Å². The number of carbonyl (C=O) groups is 1. The van der Waals surface area contributed by atoms with Crippen LogP contribution in [0.25, 0.3) is 10.2 Å². The van der Waals surface area contributed by atoms with Crippen LogP contribution in [0.5, 0.6) is 0 Å². The summed E-state index contributed by atoms with van der Waals surface area (Å²) in [6, 6.07) is 9.89. The molecular weight excluding hydrogens is 370 g/mol. The van der Waals surface area contributed by atoms with Crippen LogP contribution in [-0.4, -0.2) is 29.0 Å². The first kappa shape index (κ1) is 18.9. The highest BCUT2D eigenvalue weighted by atomic mass is 32.1. The number of aromatic nitrogens is 2. The third-order valence-corrected chi connectivity index (χ3v) is 6.75. The first-order valence-corrected chi connectivity index (χ1v) is 10.6. The van der Waals surface area contributed by atoms with Crippen LogP contribution in [0, 0.1) is 19.8 Å². The quantitative estimate of drug-likeness (QED) is 0.592. The van der Waals surface area contributed by atoms with Gasteiger partial charge in [0.05, 0.1) is 11.3 Å². The molecule has 146 valence electrons. The smallest absolute Gasteiger partial charge is 0.309 e. The first-order valence-electron chi connectivity index (χ1n) is 9.75. The molecule has 1 aromatic carbocycles. The van der Waals surface area contributed by atoms with Gasteiger partial charge in [0.25, 0.3) is 0 Å². The van der Waals surface area contributed by atoms with E-state index in [1.165, 1.54) is 10.4 Å². The second-order valence-corrected chi connectivity index (χ2v) is 8.61. The molecule has 3 heterocycles. The molecule has 1 fully saturated rings. The summed E-state index contributed by atoms with van der Waals surface area (Å²) in [6.45, 7) is 7.80. The number of aryl methyl sites for hydroxylation is 2. The number of benzene rings is 1. The predicted molar refractivity (Wildman–Crippen MR) is 113 cm³/mol. The zero-order valence-corrected chi connectivity index (χ0v) is 17.3. The van der Waals surface area contributed by atoms with Gasteiger partial charge in [-0.15, -0.1) is 11.3 Å². The Bertz CT molecular complexity index is 978. The van der Waals surface area contributed by atoms with Crippen LogP contribution in [0.4, 0.5) is 5.82 Å². The Morgan fingerprint density at radius 3 is 2.61 bits per heavy atom. The third-order valence-electron chi connectivity index (χ3n) is 5.64. The van der Waals surface area contributed by atoms with E-state index in [1.54, 1.807) is 17.7 Å². The minimum atomic E-state index is -0.218. The van der Waals surface area contributed by atoms with Gasteiger partial charge in [-0.25, -0.2) is 9.97 Å². The topological polar surface area (TPSA) is 55.3 Å². The Morgan fingerprint density at radius 2 is 1.89 bits per heavy atom. The third kappa shape index (κ3) is 3.61. The molecule has 28 heavy (non-hydrogen) atoms. The van der Waals surface area contributed by atoms with E-state index in [-0.39, 0.29) is 18.0 Å². The molecular formula is C22H25N3O2S. The van der Waals surface area contributed by atoms with Crippen molar-refractivity contribution in [3.8, 4) is 0 Å². The minimum absolute atomic E-state index is 0.0509. The Hall–Kier alpha value is -2.47. The van der Waals surface area contributed by atoms with Gasteiger partial charge < -0.3 is 9.64 Å². The van der Waals surface area contributed by atoms with Gasteiger partial charge in [-0.3, -0.25) is 4.79 Å². The number of fused-ring (bicyclic) bond motifs is 1. The zero-order valence-electron chi connectivity index (χ0n) is 16.5. The molecule has 6 heteroatoms. The van der Waals surface area contributed by atoms with Gasteiger partial charge in [0.15, 0.2) is 0 Å². The van der Waals surface area contributed by atoms with Gasteiger partial charge >= 0.3 is 5.97 Å². The summed E-state index contributed by atoms with van der Waals surface area (Å²) >= 11 is 1.72. The van der Waals surface area contributed by atoms with Crippen molar-refractivity contribution in [1.29, 1.82) is 0 Å². The van der Waals surface area contributed by atoms with Gasteiger partial charge in [0.2, 0.25) is 0 Å². The summed E-state index contributed by atoms with van der Waals surface area (Å²) in [5, 5.41) is 1.16. The number of thiophene rings is 1. The van der Waals surface area contributed by atoms with E-state index in [4.69, 9.17) is 4.74 Å². The van der Waals surface area contributed by atoms with Gasteiger partial charge in [0, 0.05) is 18.0 Å². The molecule has 2 aromatic heterocycles. The largest absolute Gasteiger partial charge is 0.458 e. The molecule has 1 aliphatic heterocycles. The lowest BCUT2D eigenvalue weighted by Gasteiger charge is -2.32. The molecule has 0 amide bonds. The van der Waals surface area contributed by atoms with Crippen molar-refractivity contribution >= 4 is 33.3 Å². The number of hydrogen-bond acceptors (Lipinski definition) is 6. The fraction of sp³-hybridized carbons (Fsp3) is 0.409. The lowest BCUT2D eigenvalue weighted by molar-refractivity contribution is -0.154. The molecule has 1 atom stereocenters. The number of ether oxygens (including phenoxy) is 1. The second kappa shape index (κ2) is 7.87. The lowest BCUT2D eigenvalue weighted by Crippen LogP contribution is -2.37. The molecule has 0 aliphatic carbocycles. The Balaban J connectivity index is 1.42. The van der Waals surface area contributed by atoms with Gasteiger partial charge in [-0.05, 0) is 44.7 Å². The average molecular weight is 396 g/mol. The molecule has 3 aromatic rings. The van der Waals surface area contributed by atoms with E-state index in [0.29, 0.717) is 0 Å². The summed E-state index contributed by atoms with van der Waals surface area (Å²) < 4.78 is 5.73. The number of anilines is 1. The monoisotopic (exact) mass is 395 g/mol. The molecule has 0 radical (unpaired) electrons. The highest BCUT2D eigenvalue weighted by Gasteiger charge is 2.29. The molecule has 0 bridgehead atoms. The minimum Gasteiger partial charge on any atom is -0.458 e. The average Bonchev–Trinajstić information content (AvgIpc) is 3.02. The van der Waals surface area contributed by atoms with Crippen molar-refractivity contribution in [2.45, 2.75) is 39.7 Å². The molecule has 0 unspecified atom stereocenters. The van der Waals surface area contributed by atoms with Gasteiger partial charge in [-0.2, -0.15) is 0 Å². The van der Waals surface area contributed by atoms with Crippen molar-refractivity contribution in [3.63, 3.8) is 0 Å². The molecule has 1 aliphatic rings. The number of rotatable bonds is 4. The van der Waals surface area contributed by atoms with Crippen LogP contribution in [0.15, 0.2) is 36.7 Å². The van der Waals surface area contributed by atoms with Crippen molar-refractivity contribution in [1.82, 2.24) is 9.97 Å². The Morgan fingerprint density at radius 1 is 1.18 bits per heavy atom. The van der Waals surface area contributed by atoms with E-state index in [0.717, 1.165) is 47.5 Å². The predicted octanol–water partition coefficient (Wildman–Crippen LogP) is 4.83. The summed E-state index contributed by atoms with van der Waals surface area (Å²) in [5.74, 6) is 0.854. The van der Waals surface area contributed by atoms with Crippen molar-refractivity contribution in [2.75, 3.05) is 18.0 Å². The lowest BCUT2D eigenvalue weighted by atomic mass is 9.96. The number of nitrogens with zero attached hydrogens (tertiary/aromatic N) is 3. The molecule has 0 saturated carbocycles. The van der Waals surface area contributed by atoms with Crippen LogP contribution in [-0.2, 0) is 9.53 Å². The van der Waals surface area contributed by atoms with E-state index in [1.807, 2.05) is 37.3 Å². The Kier molecular flexibility index (Phi) is 5.31. The summed E-state index contributed by atoms with van der Waals surface area (Å²) in [5.41, 5.74) is 2.29. The van der Waals surface area contributed by atoms with E-state index in [9.17, 15) is 4.79 Å². The molecule has 0 N–H and O–H groups in total. The van der Waals surface area contributed by atoms with Crippen LogP contribution in [0.3, 0.4) is 0 Å². The fourth-order valence-corrected chi connectivity index (χ4v) is 4.78. The molecule has 0 spiro atoms. The summed E-state index contributed by atoms with van der Waals surface area (Å²) in [4.78, 5) is 26.2. The number of esters is 1. The van der Waals surface area contributed by atoms with Crippen LogP contribution >= 0.6 is 11.3 Å². The maximum absolute atomic E-state index is 12.6. The normalized spacial score (nSPS) is 16.3. The first-order chi connectivity index (χ1) is 13.5. The van der Waals surface area contributed by atoms with E-state index in [2.05, 4.69) is 28.7 Å². The maximum Gasteiger partial charge on any atom is 0.309 e. The Labute approximate surface area is 169 Å². The number of piperidine rings is 1. The number of hydrogen-bond donors (Lipinski definition) is 0. The standard InChI is InChI=1S/C22H25N3O2S/c1-14-16(3)28-21-19(14)20(23-13-24-21)25-11-9-18(10-12-25)22(26)27-15(2)17-7-5-4-6-8-17/h4-8,13,15,18H,9-12H2,1-3H3/t15-/m0/s1. The van der Waals surface area contributed by atoms with Gasteiger partial charge in [0.1, 0.15) is 23.1 Å². The molecule has 1 saturated heterocycles. The van der Waals surface area contributed by atoms with E-state index >= 15 is 0 Å². The summed E-state index contributed by atoms with van der Waals surface area (Å²) in [6.07, 6.45) is 3.00. The van der Waals surface area contributed by atoms with Gasteiger partial charge in [-0.1, -0.05) is 30.3 Å². The maximum atomic E-state index is 12.6.